The van der Waals surface area contributed by atoms with Gasteiger partial charge in [-0.1, -0.05) is 27.7 Å². The van der Waals surface area contributed by atoms with Crippen LogP contribution in [-0.2, 0) is 4.79 Å². The van der Waals surface area contributed by atoms with Crippen molar-refractivity contribution < 1.29 is 25.2 Å². The molecule has 30 heavy (non-hydrogen) atoms. The van der Waals surface area contributed by atoms with Gasteiger partial charge in [0.2, 0.25) is 0 Å². The Hall–Kier alpha value is -0.650. The average molecular weight is 423 g/mol. The molecule has 0 aliphatic heterocycles. The second kappa shape index (κ2) is 7.74. The van der Waals surface area contributed by atoms with Crippen molar-refractivity contribution in [1.82, 2.24) is 0 Å². The van der Waals surface area contributed by atoms with E-state index in [0.717, 1.165) is 44.9 Å². The molecule has 0 spiro atoms. The largest absolute Gasteiger partial charge is 0.481 e. The van der Waals surface area contributed by atoms with E-state index in [9.17, 15) is 25.2 Å². The summed E-state index contributed by atoms with van der Waals surface area (Å²) in [6.07, 6.45) is 5.75. The van der Waals surface area contributed by atoms with E-state index in [4.69, 9.17) is 0 Å². The van der Waals surface area contributed by atoms with Gasteiger partial charge in [-0.25, -0.2) is 0 Å². The predicted molar refractivity (Wildman–Crippen MR) is 115 cm³/mol. The molecule has 4 fully saturated rings. The van der Waals surface area contributed by atoms with Crippen molar-refractivity contribution in [2.24, 2.45) is 52.3 Å². The summed E-state index contributed by atoms with van der Waals surface area (Å²) in [7, 11) is 0. The van der Waals surface area contributed by atoms with E-state index in [0.29, 0.717) is 30.1 Å². The Labute approximate surface area is 181 Å². The first-order chi connectivity index (χ1) is 14.0. The maximum atomic E-state index is 11.5. The van der Waals surface area contributed by atoms with Crippen LogP contribution in [0.5, 0.6) is 0 Å². The fraction of sp³-hybridized carbons (Fsp3) is 0.960. The molecule has 4 N–H and O–H groups in total. The molecule has 0 aromatic rings. The maximum absolute atomic E-state index is 11.5. The number of hydrogen-bond acceptors (Lipinski definition) is 4. The summed E-state index contributed by atoms with van der Waals surface area (Å²) in [5.74, 6) is 0.567. The molecule has 4 saturated carbocycles. The number of aliphatic hydroxyl groups is 3. The first kappa shape index (κ1) is 22.5. The van der Waals surface area contributed by atoms with Crippen molar-refractivity contribution in [3.8, 4) is 0 Å². The van der Waals surface area contributed by atoms with Gasteiger partial charge < -0.3 is 20.4 Å². The molecule has 1 unspecified atom stereocenters. The van der Waals surface area contributed by atoms with Crippen molar-refractivity contribution in [2.75, 3.05) is 0 Å². The molecule has 0 bridgehead atoms. The van der Waals surface area contributed by atoms with Crippen molar-refractivity contribution in [3.63, 3.8) is 0 Å². The summed E-state index contributed by atoms with van der Waals surface area (Å²) in [6, 6.07) is 0. The molecule has 4 aliphatic carbocycles. The highest BCUT2D eigenvalue weighted by atomic mass is 16.4. The molecule has 0 radical (unpaired) electrons. The molecule has 172 valence electrons. The van der Waals surface area contributed by atoms with Gasteiger partial charge in [-0.3, -0.25) is 4.79 Å². The van der Waals surface area contributed by atoms with Crippen LogP contribution in [0.25, 0.3) is 0 Å². The van der Waals surface area contributed by atoms with Gasteiger partial charge >= 0.3 is 5.97 Å². The van der Waals surface area contributed by atoms with Crippen molar-refractivity contribution in [2.45, 2.75) is 97.4 Å². The third kappa shape index (κ3) is 3.26. The van der Waals surface area contributed by atoms with Gasteiger partial charge in [0.25, 0.3) is 0 Å². The fourth-order valence-corrected chi connectivity index (χ4v) is 8.95. The topological polar surface area (TPSA) is 98.0 Å². The standard InChI is InChI=1S/C25H42O5/c1-13(9-14(2)23(29)30)17-5-6-18-22-19(12-21(28)25(17,18)4)24(3)8-7-16(26)10-15(24)11-20(22)27/h13-22,26-28H,5-12H2,1-4H3,(H,29,30)/t13-,14?,15+,16-,17-,18+,19+,20-,21+,22+,24+,25-/m1/s1. The third-order valence-corrected chi connectivity index (χ3v) is 10.7. The second-order valence-electron chi connectivity index (χ2n) is 12.0. The van der Waals surface area contributed by atoms with E-state index in [1.165, 1.54) is 0 Å². The molecule has 0 amide bonds. The number of hydrogen-bond donors (Lipinski definition) is 4. The van der Waals surface area contributed by atoms with Crippen LogP contribution in [0, 0.1) is 52.3 Å². The molecular formula is C25H42O5. The maximum Gasteiger partial charge on any atom is 0.306 e. The van der Waals surface area contributed by atoms with Crippen LogP contribution in [0.4, 0.5) is 0 Å². The zero-order valence-corrected chi connectivity index (χ0v) is 19.1. The van der Waals surface area contributed by atoms with Crippen LogP contribution in [0.2, 0.25) is 0 Å². The summed E-state index contributed by atoms with van der Waals surface area (Å²) < 4.78 is 0. The van der Waals surface area contributed by atoms with E-state index in [-0.39, 0.29) is 40.8 Å². The van der Waals surface area contributed by atoms with Crippen LogP contribution in [0.3, 0.4) is 0 Å². The predicted octanol–water partition coefficient (Wildman–Crippen LogP) is 3.69. The van der Waals surface area contributed by atoms with Gasteiger partial charge in [0.05, 0.1) is 24.2 Å². The van der Waals surface area contributed by atoms with Crippen molar-refractivity contribution >= 4 is 5.97 Å². The van der Waals surface area contributed by atoms with Gasteiger partial charge in [0.1, 0.15) is 0 Å². The number of aliphatic carboxylic acids is 1. The first-order valence-corrected chi connectivity index (χ1v) is 12.3. The normalized spacial score (nSPS) is 52.6. The highest BCUT2D eigenvalue weighted by Crippen LogP contribution is 2.68. The Morgan fingerprint density at radius 1 is 1.00 bits per heavy atom. The first-order valence-electron chi connectivity index (χ1n) is 12.3. The number of carbonyl (C=O) groups is 1. The average Bonchev–Trinajstić information content (AvgIpc) is 3.02. The lowest BCUT2D eigenvalue weighted by Crippen LogP contribution is -2.62. The van der Waals surface area contributed by atoms with E-state index in [2.05, 4.69) is 20.8 Å². The molecular weight excluding hydrogens is 380 g/mol. The minimum Gasteiger partial charge on any atom is -0.481 e. The SMILES string of the molecule is CC(C[C@@H](C)[C@H]1CC[C@H]2[C@@H]3[C@H](O)C[C@@H]4C[C@H](O)CC[C@]4(C)[C@H]3C[C@H](O)[C@]12C)C(=O)O. The quantitative estimate of drug-likeness (QED) is 0.554. The third-order valence-electron chi connectivity index (χ3n) is 10.7. The minimum atomic E-state index is -0.744. The van der Waals surface area contributed by atoms with Gasteiger partial charge in [0.15, 0.2) is 0 Å². The van der Waals surface area contributed by atoms with E-state index in [1.807, 2.05) is 0 Å². The Bertz CT molecular complexity index is 666. The lowest BCUT2D eigenvalue weighted by molar-refractivity contribution is -0.207. The number of carboxylic acids is 1. The van der Waals surface area contributed by atoms with Crippen LogP contribution in [-0.4, -0.2) is 44.7 Å². The Morgan fingerprint density at radius 2 is 1.70 bits per heavy atom. The number of carboxylic acid groups (broad SMARTS) is 1. The Morgan fingerprint density at radius 3 is 2.37 bits per heavy atom. The van der Waals surface area contributed by atoms with Gasteiger partial charge in [-0.15, -0.1) is 0 Å². The zero-order chi connectivity index (χ0) is 22.0. The molecule has 0 heterocycles. The molecule has 4 aliphatic rings. The second-order valence-corrected chi connectivity index (χ2v) is 12.0. The Balaban J connectivity index is 1.61. The molecule has 5 nitrogen and oxygen atoms in total. The van der Waals surface area contributed by atoms with Crippen LogP contribution >= 0.6 is 0 Å². The summed E-state index contributed by atoms with van der Waals surface area (Å²) in [5, 5.41) is 42.4. The molecule has 0 aromatic heterocycles. The minimum absolute atomic E-state index is 0.0902. The van der Waals surface area contributed by atoms with Gasteiger partial charge in [-0.05, 0) is 97.7 Å². The van der Waals surface area contributed by atoms with Crippen LogP contribution < -0.4 is 0 Å². The lowest BCUT2D eigenvalue weighted by Gasteiger charge is -2.63. The summed E-state index contributed by atoms with van der Waals surface area (Å²) in [4.78, 5) is 11.4. The summed E-state index contributed by atoms with van der Waals surface area (Å²) in [6.45, 7) is 8.52. The fourth-order valence-electron chi connectivity index (χ4n) is 8.95. The smallest absolute Gasteiger partial charge is 0.306 e. The molecule has 12 atom stereocenters. The summed E-state index contributed by atoms with van der Waals surface area (Å²) >= 11 is 0. The molecule has 4 rings (SSSR count). The Kier molecular flexibility index (Phi) is 5.81. The van der Waals surface area contributed by atoms with Gasteiger partial charge in [-0.2, -0.15) is 0 Å². The number of rotatable bonds is 4. The highest BCUT2D eigenvalue weighted by molar-refractivity contribution is 5.69. The van der Waals surface area contributed by atoms with E-state index in [1.54, 1.807) is 6.92 Å². The van der Waals surface area contributed by atoms with Crippen LogP contribution in [0.15, 0.2) is 0 Å². The number of fused-ring (bicyclic) bond motifs is 5. The van der Waals surface area contributed by atoms with Gasteiger partial charge in [0, 0.05) is 0 Å². The molecule has 0 aromatic carbocycles. The zero-order valence-electron chi connectivity index (χ0n) is 19.1. The summed E-state index contributed by atoms with van der Waals surface area (Å²) in [5.41, 5.74) is -0.163. The number of aliphatic hydroxyl groups excluding tert-OH is 3. The van der Waals surface area contributed by atoms with Crippen molar-refractivity contribution in [1.29, 1.82) is 0 Å². The van der Waals surface area contributed by atoms with Crippen molar-refractivity contribution in [3.05, 3.63) is 0 Å². The monoisotopic (exact) mass is 422 g/mol. The van der Waals surface area contributed by atoms with E-state index < -0.39 is 12.1 Å². The molecule has 5 heteroatoms. The van der Waals surface area contributed by atoms with E-state index >= 15 is 0 Å². The van der Waals surface area contributed by atoms with Crippen LogP contribution in [0.1, 0.15) is 79.1 Å². The lowest BCUT2D eigenvalue weighted by atomic mass is 9.43. The highest BCUT2D eigenvalue weighted by Gasteiger charge is 2.65. The molecule has 0 saturated heterocycles.